The molecule has 0 saturated carbocycles. The number of phosphoric acid groups is 1. The van der Waals surface area contributed by atoms with Gasteiger partial charge in [0.15, 0.2) is 6.10 Å². The fourth-order valence-electron chi connectivity index (χ4n) is 5.41. The Morgan fingerprint density at radius 1 is 0.627 bits per heavy atom. The Hall–Kier alpha value is -2.85. The zero-order chi connectivity index (χ0) is 43.7. The lowest BCUT2D eigenvalue weighted by molar-refractivity contribution is -0.870. The third-order valence-corrected chi connectivity index (χ3v) is 9.96. The van der Waals surface area contributed by atoms with Gasteiger partial charge in [0.1, 0.15) is 19.8 Å². The number of carbonyl (C=O) groups excluding carboxylic acids is 2. The summed E-state index contributed by atoms with van der Waals surface area (Å²) in [5.41, 5.74) is 0. The highest BCUT2D eigenvalue weighted by Gasteiger charge is 2.21. The molecule has 0 amide bonds. The van der Waals surface area contributed by atoms with Crippen LogP contribution in [0, 0.1) is 0 Å². The Bertz CT molecular complexity index is 1300. The second kappa shape index (κ2) is 39.3. The van der Waals surface area contributed by atoms with Crippen molar-refractivity contribution in [3.05, 3.63) is 85.1 Å². The minimum absolute atomic E-state index is 0.0562. The summed E-state index contributed by atoms with van der Waals surface area (Å²) in [7, 11) is 1.08. The van der Waals surface area contributed by atoms with Crippen molar-refractivity contribution in [1.29, 1.82) is 0 Å². The van der Waals surface area contributed by atoms with E-state index in [4.69, 9.17) is 18.5 Å². The average Bonchev–Trinajstić information content (AvgIpc) is 3.18. The molecule has 0 aliphatic rings. The number of hydrogen-bond donors (Lipinski definition) is 1. The number of aliphatic hydroxyl groups excluding tert-OH is 1. The molecule has 3 atom stereocenters. The lowest BCUT2D eigenvalue weighted by Gasteiger charge is -2.28. The molecule has 0 fully saturated rings. The molecule has 11 heteroatoms. The first-order valence-electron chi connectivity index (χ1n) is 22.4. The highest BCUT2D eigenvalue weighted by Crippen LogP contribution is 2.38. The molecule has 0 aromatic carbocycles. The van der Waals surface area contributed by atoms with E-state index < -0.39 is 32.5 Å². The van der Waals surface area contributed by atoms with Gasteiger partial charge < -0.3 is 33.0 Å². The summed E-state index contributed by atoms with van der Waals surface area (Å²) < 4.78 is 33.8. The van der Waals surface area contributed by atoms with Crippen LogP contribution in [-0.2, 0) is 32.7 Å². The minimum Gasteiger partial charge on any atom is -0.756 e. The van der Waals surface area contributed by atoms with Gasteiger partial charge in [-0.2, -0.15) is 0 Å². The molecule has 0 bridgehead atoms. The van der Waals surface area contributed by atoms with Crippen LogP contribution in [0.5, 0.6) is 0 Å². The van der Waals surface area contributed by atoms with Crippen molar-refractivity contribution in [2.75, 3.05) is 47.5 Å². The Kier molecular flexibility index (Phi) is 37.4. The largest absolute Gasteiger partial charge is 0.756 e. The van der Waals surface area contributed by atoms with Crippen molar-refractivity contribution in [3.8, 4) is 0 Å². The predicted octanol–water partition coefficient (Wildman–Crippen LogP) is 11.1. The maximum absolute atomic E-state index is 12.7. The molecule has 0 aliphatic carbocycles. The van der Waals surface area contributed by atoms with Gasteiger partial charge in [0, 0.05) is 12.8 Å². The number of ether oxygens (including phenoxy) is 2. The number of unbranched alkanes of at least 4 members (excludes halogenated alkanes) is 10. The van der Waals surface area contributed by atoms with Crippen LogP contribution in [0.4, 0.5) is 0 Å². The molecule has 0 heterocycles. The highest BCUT2D eigenvalue weighted by molar-refractivity contribution is 7.45. The SMILES string of the molecule is CCCCC/C=C\C/C=C\C/C=C\CCCCCCC(=O)O[C@H](COC(=O)CCC/C=C\C/C=C\C/C=C\C=C\[C@H](O)CCCCC)COP(=O)([O-])OCC[N+](C)(C)C. The molecule has 59 heavy (non-hydrogen) atoms. The van der Waals surface area contributed by atoms with Crippen molar-refractivity contribution >= 4 is 19.8 Å². The summed E-state index contributed by atoms with van der Waals surface area (Å²) in [6, 6.07) is 0. The molecule has 338 valence electrons. The standard InChI is InChI=1S/C48H82NO9P/c1-6-8-10-11-12-13-14-15-16-17-18-19-22-26-29-32-36-40-48(52)58-46(44-57-59(53,54)56-42-41-49(3,4)5)43-55-47(51)39-35-31-28-25-23-20-21-24-27-30-34-38-45(50)37-33-9-7-2/h12-13,15-16,18-21,25,27-28,30,34,38,45-46,50H,6-11,14,17,22-24,26,29,31-33,35-37,39-44H2,1-5H3/b13-12-,16-15-,19-18-,21-20-,28-25-,30-27-,38-34+/t45-,46-/m1/s1. The Labute approximate surface area is 359 Å². The number of nitrogens with zero attached hydrogens (tertiary/aromatic N) is 1. The van der Waals surface area contributed by atoms with Gasteiger partial charge in [0.2, 0.25) is 0 Å². The molecule has 0 aliphatic heterocycles. The van der Waals surface area contributed by atoms with Crippen LogP contribution in [0.1, 0.15) is 149 Å². The Morgan fingerprint density at radius 2 is 1.15 bits per heavy atom. The molecule has 0 aromatic heterocycles. The van der Waals surface area contributed by atoms with Crippen LogP contribution in [0.2, 0.25) is 0 Å². The third-order valence-electron chi connectivity index (χ3n) is 8.99. The number of hydrogen-bond acceptors (Lipinski definition) is 9. The van der Waals surface area contributed by atoms with Gasteiger partial charge in [0.05, 0.1) is 33.9 Å². The minimum atomic E-state index is -4.66. The first-order valence-corrected chi connectivity index (χ1v) is 23.9. The second-order valence-electron chi connectivity index (χ2n) is 15.9. The van der Waals surface area contributed by atoms with Crippen LogP contribution in [-0.4, -0.2) is 81.2 Å². The number of aliphatic hydroxyl groups is 1. The number of phosphoric ester groups is 1. The van der Waals surface area contributed by atoms with Crippen molar-refractivity contribution in [2.45, 2.75) is 161 Å². The number of quaternary nitrogens is 1. The number of likely N-dealkylation sites (N-methyl/N-ethyl adjacent to an activating group) is 1. The first kappa shape index (κ1) is 56.1. The monoisotopic (exact) mass is 848 g/mol. The van der Waals surface area contributed by atoms with E-state index in [1.54, 1.807) is 0 Å². The second-order valence-corrected chi connectivity index (χ2v) is 17.3. The number of esters is 2. The quantitative estimate of drug-likeness (QED) is 0.0160. The molecule has 0 rings (SSSR count). The number of rotatable bonds is 39. The first-order chi connectivity index (χ1) is 28.4. The summed E-state index contributed by atoms with van der Waals surface area (Å²) in [6.45, 7) is 3.94. The fraction of sp³-hybridized carbons (Fsp3) is 0.667. The molecule has 1 N–H and O–H groups in total. The number of allylic oxidation sites excluding steroid dienone is 13. The summed E-state index contributed by atoms with van der Waals surface area (Å²) in [5, 5.41) is 9.90. The third kappa shape index (κ3) is 43.1. The maximum Gasteiger partial charge on any atom is 0.306 e. The topological polar surface area (TPSA) is 131 Å². The predicted molar refractivity (Wildman–Crippen MR) is 242 cm³/mol. The van der Waals surface area contributed by atoms with E-state index in [2.05, 4.69) is 62.5 Å². The van der Waals surface area contributed by atoms with Gasteiger partial charge in [0.25, 0.3) is 7.82 Å². The van der Waals surface area contributed by atoms with Crippen LogP contribution in [0.15, 0.2) is 85.1 Å². The van der Waals surface area contributed by atoms with Crippen molar-refractivity contribution in [3.63, 3.8) is 0 Å². The lowest BCUT2D eigenvalue weighted by atomic mass is 10.1. The zero-order valence-corrected chi connectivity index (χ0v) is 38.4. The fourth-order valence-corrected chi connectivity index (χ4v) is 6.14. The average molecular weight is 848 g/mol. The van der Waals surface area contributed by atoms with E-state index >= 15 is 0 Å². The van der Waals surface area contributed by atoms with Gasteiger partial charge in [-0.1, -0.05) is 144 Å². The summed E-state index contributed by atoms with van der Waals surface area (Å²) in [5.74, 6) is -0.961. The Morgan fingerprint density at radius 3 is 1.76 bits per heavy atom. The van der Waals surface area contributed by atoms with E-state index in [9.17, 15) is 24.2 Å². The molecule has 1 unspecified atom stereocenters. The molecule has 0 spiro atoms. The van der Waals surface area contributed by atoms with Crippen LogP contribution >= 0.6 is 7.82 Å². The van der Waals surface area contributed by atoms with Crippen LogP contribution < -0.4 is 4.89 Å². The van der Waals surface area contributed by atoms with E-state index in [0.717, 1.165) is 77.0 Å². The molecular formula is C48H82NO9P. The summed E-state index contributed by atoms with van der Waals surface area (Å²) in [6.07, 6.45) is 46.5. The zero-order valence-electron chi connectivity index (χ0n) is 37.5. The van der Waals surface area contributed by atoms with Crippen molar-refractivity contribution in [1.82, 2.24) is 0 Å². The van der Waals surface area contributed by atoms with Gasteiger partial charge >= 0.3 is 11.9 Å². The van der Waals surface area contributed by atoms with E-state index in [-0.39, 0.29) is 32.2 Å². The highest BCUT2D eigenvalue weighted by atomic mass is 31.2. The van der Waals surface area contributed by atoms with Crippen LogP contribution in [0.25, 0.3) is 0 Å². The normalized spacial score (nSPS) is 14.9. The van der Waals surface area contributed by atoms with Crippen LogP contribution in [0.3, 0.4) is 0 Å². The maximum atomic E-state index is 12.7. The van der Waals surface area contributed by atoms with Gasteiger partial charge in [-0.05, 0) is 77.0 Å². The van der Waals surface area contributed by atoms with E-state index in [1.807, 2.05) is 57.6 Å². The lowest BCUT2D eigenvalue weighted by Crippen LogP contribution is -2.37. The molecule has 0 saturated heterocycles. The van der Waals surface area contributed by atoms with E-state index in [0.29, 0.717) is 30.3 Å². The summed E-state index contributed by atoms with van der Waals surface area (Å²) >= 11 is 0. The molecular weight excluding hydrogens is 766 g/mol. The summed E-state index contributed by atoms with van der Waals surface area (Å²) in [4.78, 5) is 37.5. The number of carbonyl (C=O) groups is 2. The molecule has 10 nitrogen and oxygen atoms in total. The Balaban J connectivity index is 4.55. The van der Waals surface area contributed by atoms with Gasteiger partial charge in [-0.15, -0.1) is 0 Å². The van der Waals surface area contributed by atoms with Crippen molar-refractivity contribution in [2.24, 2.45) is 0 Å². The van der Waals surface area contributed by atoms with E-state index in [1.165, 1.54) is 25.7 Å². The smallest absolute Gasteiger partial charge is 0.306 e. The molecule has 0 aromatic rings. The van der Waals surface area contributed by atoms with Gasteiger partial charge in [-0.25, -0.2) is 0 Å². The van der Waals surface area contributed by atoms with Crippen molar-refractivity contribution < 1.29 is 47.2 Å². The molecule has 0 radical (unpaired) electrons. The van der Waals surface area contributed by atoms with Gasteiger partial charge in [-0.3, -0.25) is 14.2 Å².